The summed E-state index contributed by atoms with van der Waals surface area (Å²) in [5.41, 5.74) is 9.63. The molecule has 0 atom stereocenters. The Balaban J connectivity index is 1.57. The van der Waals surface area contributed by atoms with E-state index in [0.717, 1.165) is 25.7 Å². The summed E-state index contributed by atoms with van der Waals surface area (Å²) in [5.74, 6) is 0. The number of rotatable bonds is 1. The molecule has 4 aromatic carbocycles. The van der Waals surface area contributed by atoms with E-state index in [0.29, 0.717) is 0 Å². The lowest BCUT2D eigenvalue weighted by atomic mass is 9.94. The van der Waals surface area contributed by atoms with Gasteiger partial charge in [0.1, 0.15) is 0 Å². The molecular formula is C32H23NS. The fourth-order valence-electron chi connectivity index (χ4n) is 6.07. The highest BCUT2D eigenvalue weighted by Crippen LogP contribution is 2.42. The van der Waals surface area contributed by atoms with Crippen LogP contribution < -0.4 is 0 Å². The number of nitrogens with zero attached hydrogens (tertiary/aromatic N) is 1. The minimum Gasteiger partial charge on any atom is -0.309 e. The molecule has 0 saturated heterocycles. The molecule has 2 aliphatic rings. The summed E-state index contributed by atoms with van der Waals surface area (Å²) in [6.45, 7) is 0. The maximum atomic E-state index is 2.54. The largest absolute Gasteiger partial charge is 0.309 e. The van der Waals surface area contributed by atoms with Gasteiger partial charge in [0.05, 0.1) is 16.7 Å². The van der Waals surface area contributed by atoms with Crippen LogP contribution >= 0.6 is 11.3 Å². The van der Waals surface area contributed by atoms with E-state index >= 15 is 0 Å². The molecule has 0 spiro atoms. The van der Waals surface area contributed by atoms with Crippen molar-refractivity contribution >= 4 is 65.5 Å². The van der Waals surface area contributed by atoms with Crippen LogP contribution in [-0.2, 0) is 12.8 Å². The molecule has 2 heteroatoms. The van der Waals surface area contributed by atoms with Crippen LogP contribution in [0.5, 0.6) is 0 Å². The van der Waals surface area contributed by atoms with E-state index in [9.17, 15) is 0 Å². The highest BCUT2D eigenvalue weighted by molar-refractivity contribution is 7.25. The van der Waals surface area contributed by atoms with Gasteiger partial charge < -0.3 is 4.57 Å². The van der Waals surface area contributed by atoms with Gasteiger partial charge in [0.2, 0.25) is 0 Å². The second-order valence-corrected chi connectivity index (χ2v) is 10.7. The quantitative estimate of drug-likeness (QED) is 0.234. The van der Waals surface area contributed by atoms with Crippen LogP contribution in [0.25, 0.3) is 59.8 Å². The number of aryl methyl sites for hydroxylation is 2. The predicted molar refractivity (Wildman–Crippen MR) is 148 cm³/mol. The van der Waals surface area contributed by atoms with Crippen LogP contribution in [-0.4, -0.2) is 4.57 Å². The second-order valence-electron chi connectivity index (χ2n) is 9.60. The van der Waals surface area contributed by atoms with E-state index in [1.165, 1.54) is 69.9 Å². The van der Waals surface area contributed by atoms with Crippen molar-refractivity contribution in [2.45, 2.75) is 25.7 Å². The summed E-state index contributed by atoms with van der Waals surface area (Å²) < 4.78 is 5.27. The van der Waals surface area contributed by atoms with Crippen molar-refractivity contribution in [1.29, 1.82) is 0 Å². The Morgan fingerprint density at radius 3 is 2.41 bits per heavy atom. The Kier molecular flexibility index (Phi) is 3.83. The van der Waals surface area contributed by atoms with Crippen molar-refractivity contribution in [3.05, 3.63) is 101 Å². The Morgan fingerprint density at radius 2 is 1.44 bits per heavy atom. The van der Waals surface area contributed by atoms with Gasteiger partial charge in [-0.25, -0.2) is 0 Å². The van der Waals surface area contributed by atoms with Crippen LogP contribution in [0.3, 0.4) is 0 Å². The normalized spacial score (nSPS) is 14.9. The highest BCUT2D eigenvalue weighted by atomic mass is 32.1. The van der Waals surface area contributed by atoms with Crippen LogP contribution in [0.15, 0.2) is 78.9 Å². The monoisotopic (exact) mass is 453 g/mol. The van der Waals surface area contributed by atoms with E-state index < -0.39 is 0 Å². The summed E-state index contributed by atoms with van der Waals surface area (Å²) >= 11 is 1.91. The third kappa shape index (κ3) is 2.55. The van der Waals surface area contributed by atoms with E-state index in [4.69, 9.17) is 0 Å². The van der Waals surface area contributed by atoms with E-state index in [-0.39, 0.29) is 0 Å². The Morgan fingerprint density at radius 1 is 0.618 bits per heavy atom. The summed E-state index contributed by atoms with van der Waals surface area (Å²) in [5, 5.41) is 5.44. The summed E-state index contributed by atoms with van der Waals surface area (Å²) in [4.78, 5) is 0. The molecule has 0 N–H and O–H groups in total. The Hall–Kier alpha value is -3.62. The standard InChI is InChI=1S/C32H23NS/c1-2-10-22-17-29-25(16-21(22)9-1)26-18-27-24-13-5-6-15-31(24)34-32(27)19-30(26)33(29)28-14-7-11-20-8-3-4-12-23(20)28/h1,4-7,9,11-19H,2-3,8,10H2. The molecule has 0 amide bonds. The van der Waals surface area contributed by atoms with E-state index in [2.05, 4.69) is 95.6 Å². The molecule has 1 nitrogen and oxygen atoms in total. The number of hydrogen-bond acceptors (Lipinski definition) is 1. The molecule has 6 aromatic rings. The summed E-state index contributed by atoms with van der Waals surface area (Å²) in [6, 6.07) is 25.5. The molecule has 2 heterocycles. The van der Waals surface area contributed by atoms with E-state index in [1.807, 2.05) is 11.3 Å². The topological polar surface area (TPSA) is 4.93 Å². The van der Waals surface area contributed by atoms with Gasteiger partial charge in [-0.3, -0.25) is 0 Å². The average molecular weight is 454 g/mol. The number of hydrogen-bond donors (Lipinski definition) is 0. The van der Waals surface area contributed by atoms with Crippen LogP contribution in [0, 0.1) is 0 Å². The van der Waals surface area contributed by atoms with Gasteiger partial charge in [0, 0.05) is 36.5 Å². The third-order valence-corrected chi connectivity index (χ3v) is 8.82. The first kappa shape index (κ1) is 18.8. The van der Waals surface area contributed by atoms with Gasteiger partial charge in [-0.2, -0.15) is 0 Å². The molecule has 0 radical (unpaired) electrons. The Labute approximate surface area is 202 Å². The van der Waals surface area contributed by atoms with Gasteiger partial charge >= 0.3 is 0 Å². The lowest BCUT2D eigenvalue weighted by Crippen LogP contribution is -2.03. The zero-order chi connectivity index (χ0) is 22.2. The lowest BCUT2D eigenvalue weighted by Gasteiger charge is -2.18. The predicted octanol–water partition coefficient (Wildman–Crippen LogP) is 9.07. The molecule has 0 unspecified atom stereocenters. The van der Waals surface area contributed by atoms with Crippen molar-refractivity contribution in [3.63, 3.8) is 0 Å². The zero-order valence-corrected chi connectivity index (χ0v) is 19.7. The molecule has 0 fully saturated rings. The van der Waals surface area contributed by atoms with Crippen molar-refractivity contribution in [1.82, 2.24) is 4.57 Å². The second kappa shape index (κ2) is 6.94. The molecule has 0 bridgehead atoms. The van der Waals surface area contributed by atoms with Gasteiger partial charge in [0.15, 0.2) is 0 Å². The van der Waals surface area contributed by atoms with Crippen molar-refractivity contribution < 1.29 is 0 Å². The first-order valence-electron chi connectivity index (χ1n) is 12.2. The molecule has 2 aromatic heterocycles. The minimum absolute atomic E-state index is 1.12. The molecule has 162 valence electrons. The minimum atomic E-state index is 1.12. The number of thiophene rings is 1. The van der Waals surface area contributed by atoms with Crippen LogP contribution in [0.1, 0.15) is 35.1 Å². The first-order valence-corrected chi connectivity index (χ1v) is 13.0. The number of benzene rings is 4. The molecule has 2 aliphatic carbocycles. The smallest absolute Gasteiger partial charge is 0.0555 e. The van der Waals surface area contributed by atoms with Gasteiger partial charge in [-0.05, 0) is 78.8 Å². The zero-order valence-electron chi connectivity index (χ0n) is 18.8. The summed E-state index contributed by atoms with van der Waals surface area (Å²) in [6.07, 6.45) is 13.8. The van der Waals surface area contributed by atoms with Crippen molar-refractivity contribution in [2.24, 2.45) is 0 Å². The van der Waals surface area contributed by atoms with Crippen molar-refractivity contribution in [3.8, 4) is 5.69 Å². The van der Waals surface area contributed by atoms with Gasteiger partial charge in [-0.15, -0.1) is 11.3 Å². The molecule has 0 saturated carbocycles. The van der Waals surface area contributed by atoms with Crippen molar-refractivity contribution in [2.75, 3.05) is 0 Å². The molecule has 8 rings (SSSR count). The maximum Gasteiger partial charge on any atom is 0.0555 e. The fraction of sp³-hybridized carbons (Fsp3) is 0.125. The molecule has 34 heavy (non-hydrogen) atoms. The fourth-order valence-corrected chi connectivity index (χ4v) is 7.19. The molecular weight excluding hydrogens is 430 g/mol. The SMILES string of the molecule is C1=Cc2cc3c4cc5c(cc4n(-c4cccc6c4C=CCC6)c3cc2CC1)sc1ccccc15. The first-order chi connectivity index (χ1) is 16.8. The molecule has 0 aliphatic heterocycles. The maximum absolute atomic E-state index is 2.54. The highest BCUT2D eigenvalue weighted by Gasteiger charge is 2.20. The van der Waals surface area contributed by atoms with Crippen LogP contribution in [0.2, 0.25) is 0 Å². The summed E-state index contributed by atoms with van der Waals surface area (Å²) in [7, 11) is 0. The number of aromatic nitrogens is 1. The number of allylic oxidation sites excluding steroid dienone is 2. The Bertz CT molecular complexity index is 1860. The third-order valence-electron chi connectivity index (χ3n) is 7.68. The van der Waals surface area contributed by atoms with Gasteiger partial charge in [0.25, 0.3) is 0 Å². The number of fused-ring (bicyclic) bond motifs is 8. The lowest BCUT2D eigenvalue weighted by molar-refractivity contribution is 0.975. The van der Waals surface area contributed by atoms with Crippen LogP contribution in [0.4, 0.5) is 0 Å². The average Bonchev–Trinajstić information content (AvgIpc) is 3.40. The van der Waals surface area contributed by atoms with Gasteiger partial charge in [-0.1, -0.05) is 54.6 Å². The van der Waals surface area contributed by atoms with E-state index in [1.54, 1.807) is 0 Å².